The normalized spacial score (nSPS) is 50.1. The van der Waals surface area contributed by atoms with Crippen LogP contribution in [0.3, 0.4) is 0 Å². The van der Waals surface area contributed by atoms with Crippen molar-refractivity contribution in [3.05, 3.63) is 0 Å². The number of hydrogen-bond acceptors (Lipinski definition) is 2. The van der Waals surface area contributed by atoms with Crippen molar-refractivity contribution in [2.24, 2.45) is 23.7 Å². The molecule has 3 rings (SSSR count). The van der Waals surface area contributed by atoms with Gasteiger partial charge < -0.3 is 4.74 Å². The molecule has 16 heavy (non-hydrogen) atoms. The van der Waals surface area contributed by atoms with E-state index in [1.807, 2.05) is 0 Å². The molecule has 0 aromatic carbocycles. The van der Waals surface area contributed by atoms with Gasteiger partial charge in [-0.3, -0.25) is 4.79 Å². The fourth-order valence-corrected chi connectivity index (χ4v) is 4.81. The molecule has 5 atom stereocenters. The highest BCUT2D eigenvalue weighted by atomic mass is 16.6. The van der Waals surface area contributed by atoms with Crippen molar-refractivity contribution in [2.45, 2.75) is 58.0 Å². The summed E-state index contributed by atoms with van der Waals surface area (Å²) in [6.07, 6.45) is 7.86. The lowest BCUT2D eigenvalue weighted by atomic mass is 9.66. The standard InChI is InChI=1S/C14H22O2/c1-9(15)16-14(2)6-5-12-10-3-4-11(7-10)13(12)8-14/h10-13H,3-8H2,1-2H3. The molecule has 3 aliphatic carbocycles. The number of esters is 1. The lowest BCUT2D eigenvalue weighted by molar-refractivity contribution is -0.162. The van der Waals surface area contributed by atoms with E-state index in [-0.39, 0.29) is 11.6 Å². The molecule has 0 aliphatic heterocycles. The molecule has 0 aromatic heterocycles. The summed E-state index contributed by atoms with van der Waals surface area (Å²) in [4.78, 5) is 11.1. The minimum atomic E-state index is -0.155. The Hall–Kier alpha value is -0.530. The Labute approximate surface area is 97.7 Å². The molecule has 0 heterocycles. The van der Waals surface area contributed by atoms with Gasteiger partial charge >= 0.3 is 5.97 Å². The summed E-state index contributed by atoms with van der Waals surface area (Å²) in [6, 6.07) is 0. The smallest absolute Gasteiger partial charge is 0.303 e. The maximum Gasteiger partial charge on any atom is 0.303 e. The van der Waals surface area contributed by atoms with Crippen molar-refractivity contribution in [3.63, 3.8) is 0 Å². The van der Waals surface area contributed by atoms with Gasteiger partial charge in [0.25, 0.3) is 0 Å². The van der Waals surface area contributed by atoms with Crippen LogP contribution in [0.25, 0.3) is 0 Å². The van der Waals surface area contributed by atoms with Crippen molar-refractivity contribution < 1.29 is 9.53 Å². The zero-order valence-corrected chi connectivity index (χ0v) is 10.4. The van der Waals surface area contributed by atoms with Gasteiger partial charge in [-0.25, -0.2) is 0 Å². The average molecular weight is 222 g/mol. The third-order valence-corrected chi connectivity index (χ3v) is 5.34. The first kappa shape index (κ1) is 10.6. The minimum Gasteiger partial charge on any atom is -0.460 e. The Morgan fingerprint density at radius 1 is 1.19 bits per heavy atom. The van der Waals surface area contributed by atoms with Crippen LogP contribution >= 0.6 is 0 Å². The van der Waals surface area contributed by atoms with Gasteiger partial charge in [-0.2, -0.15) is 0 Å². The van der Waals surface area contributed by atoms with Crippen LogP contribution < -0.4 is 0 Å². The molecule has 5 unspecified atom stereocenters. The van der Waals surface area contributed by atoms with E-state index in [4.69, 9.17) is 4.74 Å². The second kappa shape index (κ2) is 3.48. The van der Waals surface area contributed by atoms with Crippen LogP contribution in [-0.2, 0) is 9.53 Å². The number of carbonyl (C=O) groups excluding carboxylic acids is 1. The first-order valence-corrected chi connectivity index (χ1v) is 6.77. The van der Waals surface area contributed by atoms with E-state index < -0.39 is 0 Å². The van der Waals surface area contributed by atoms with E-state index in [2.05, 4.69) is 6.92 Å². The summed E-state index contributed by atoms with van der Waals surface area (Å²) in [7, 11) is 0. The molecule has 2 nitrogen and oxygen atoms in total. The van der Waals surface area contributed by atoms with E-state index in [1.165, 1.54) is 32.6 Å². The summed E-state index contributed by atoms with van der Waals surface area (Å²) in [6.45, 7) is 3.68. The maximum absolute atomic E-state index is 11.1. The van der Waals surface area contributed by atoms with Crippen LogP contribution in [-0.4, -0.2) is 11.6 Å². The van der Waals surface area contributed by atoms with Crippen LogP contribution in [0.15, 0.2) is 0 Å². The molecule has 0 radical (unpaired) electrons. The lowest BCUT2D eigenvalue weighted by Crippen LogP contribution is -2.42. The number of hydrogen-bond donors (Lipinski definition) is 0. The van der Waals surface area contributed by atoms with Crippen LogP contribution in [0, 0.1) is 23.7 Å². The molecule has 2 bridgehead atoms. The predicted octanol–water partition coefficient (Wildman–Crippen LogP) is 3.15. The van der Waals surface area contributed by atoms with Crippen molar-refractivity contribution in [2.75, 3.05) is 0 Å². The molecule has 0 saturated heterocycles. The molecular formula is C14H22O2. The molecule has 3 saturated carbocycles. The van der Waals surface area contributed by atoms with Crippen LogP contribution in [0.2, 0.25) is 0 Å². The highest BCUT2D eigenvalue weighted by Crippen LogP contribution is 2.59. The topological polar surface area (TPSA) is 26.3 Å². The van der Waals surface area contributed by atoms with Crippen LogP contribution in [0.1, 0.15) is 52.4 Å². The molecule has 3 aliphatic rings. The molecule has 90 valence electrons. The summed E-state index contributed by atoms with van der Waals surface area (Å²) < 4.78 is 5.56. The molecular weight excluding hydrogens is 200 g/mol. The van der Waals surface area contributed by atoms with Gasteiger partial charge in [-0.1, -0.05) is 0 Å². The van der Waals surface area contributed by atoms with Gasteiger partial charge in [0, 0.05) is 6.92 Å². The zero-order chi connectivity index (χ0) is 11.3. The molecule has 0 amide bonds. The highest BCUT2D eigenvalue weighted by molar-refractivity contribution is 5.66. The van der Waals surface area contributed by atoms with E-state index in [9.17, 15) is 4.79 Å². The molecule has 0 N–H and O–H groups in total. The quantitative estimate of drug-likeness (QED) is 0.637. The fraction of sp³-hybridized carbons (Fsp3) is 0.929. The Morgan fingerprint density at radius 2 is 1.88 bits per heavy atom. The fourth-order valence-electron chi connectivity index (χ4n) is 4.81. The van der Waals surface area contributed by atoms with Crippen molar-refractivity contribution >= 4 is 5.97 Å². The number of carbonyl (C=O) groups is 1. The Bertz CT molecular complexity index is 312. The minimum absolute atomic E-state index is 0.107. The summed E-state index contributed by atoms with van der Waals surface area (Å²) in [5.74, 6) is 3.67. The maximum atomic E-state index is 11.1. The Morgan fingerprint density at radius 3 is 2.56 bits per heavy atom. The Balaban J connectivity index is 1.73. The average Bonchev–Trinajstić information content (AvgIpc) is 2.75. The largest absolute Gasteiger partial charge is 0.460 e. The Kier molecular flexibility index (Phi) is 2.31. The van der Waals surface area contributed by atoms with Crippen molar-refractivity contribution in [3.8, 4) is 0 Å². The van der Waals surface area contributed by atoms with Gasteiger partial charge in [0.1, 0.15) is 5.60 Å². The first-order valence-electron chi connectivity index (χ1n) is 6.77. The molecule has 3 fully saturated rings. The third kappa shape index (κ3) is 1.57. The first-order chi connectivity index (χ1) is 7.57. The highest BCUT2D eigenvalue weighted by Gasteiger charge is 2.52. The van der Waals surface area contributed by atoms with E-state index >= 15 is 0 Å². The summed E-state index contributed by atoms with van der Waals surface area (Å²) in [5, 5.41) is 0. The summed E-state index contributed by atoms with van der Waals surface area (Å²) in [5.41, 5.74) is -0.155. The number of rotatable bonds is 1. The van der Waals surface area contributed by atoms with Crippen molar-refractivity contribution in [1.29, 1.82) is 0 Å². The van der Waals surface area contributed by atoms with E-state index in [0.29, 0.717) is 0 Å². The predicted molar refractivity (Wildman–Crippen MR) is 61.8 cm³/mol. The lowest BCUT2D eigenvalue weighted by Gasteiger charge is -2.44. The van der Waals surface area contributed by atoms with E-state index in [0.717, 1.165) is 36.5 Å². The van der Waals surface area contributed by atoms with Crippen molar-refractivity contribution in [1.82, 2.24) is 0 Å². The van der Waals surface area contributed by atoms with Gasteiger partial charge in [0.2, 0.25) is 0 Å². The SMILES string of the molecule is CC(=O)OC1(C)CCC2C3CCC(C3)C2C1. The summed E-state index contributed by atoms with van der Waals surface area (Å²) >= 11 is 0. The molecule has 0 spiro atoms. The second-order valence-electron chi connectivity index (χ2n) is 6.45. The van der Waals surface area contributed by atoms with Gasteiger partial charge in [0.05, 0.1) is 0 Å². The van der Waals surface area contributed by atoms with E-state index in [1.54, 1.807) is 0 Å². The second-order valence-corrected chi connectivity index (χ2v) is 6.45. The van der Waals surface area contributed by atoms with Crippen LogP contribution in [0.4, 0.5) is 0 Å². The zero-order valence-electron chi connectivity index (χ0n) is 10.4. The van der Waals surface area contributed by atoms with Gasteiger partial charge in [-0.05, 0) is 69.1 Å². The monoisotopic (exact) mass is 222 g/mol. The van der Waals surface area contributed by atoms with Gasteiger partial charge in [-0.15, -0.1) is 0 Å². The number of ether oxygens (including phenoxy) is 1. The molecule has 0 aromatic rings. The van der Waals surface area contributed by atoms with Gasteiger partial charge in [0.15, 0.2) is 0 Å². The third-order valence-electron chi connectivity index (χ3n) is 5.34. The molecule has 2 heteroatoms. The van der Waals surface area contributed by atoms with Crippen LogP contribution in [0.5, 0.6) is 0 Å². The number of fused-ring (bicyclic) bond motifs is 5.